The first-order valence-electron chi connectivity index (χ1n) is 9.18. The normalized spacial score (nSPS) is 49.4. The van der Waals surface area contributed by atoms with Crippen LogP contribution in [0.1, 0.15) is 44.6 Å². The van der Waals surface area contributed by atoms with Crippen LogP contribution in [0.15, 0.2) is 24.3 Å². The van der Waals surface area contributed by atoms with Gasteiger partial charge >= 0.3 is 0 Å². The molecule has 4 nitrogen and oxygen atoms in total. The monoisotopic (exact) mass is 312 g/mol. The molecule has 3 bridgehead atoms. The van der Waals surface area contributed by atoms with E-state index in [1.807, 2.05) is 0 Å². The van der Waals surface area contributed by atoms with E-state index >= 15 is 0 Å². The number of anilines is 1. The summed E-state index contributed by atoms with van der Waals surface area (Å²) < 4.78 is 6.73. The van der Waals surface area contributed by atoms with E-state index in [2.05, 4.69) is 41.0 Å². The van der Waals surface area contributed by atoms with Crippen LogP contribution in [0.25, 0.3) is 0 Å². The maximum absolute atomic E-state index is 11.8. The van der Waals surface area contributed by atoms with E-state index in [4.69, 9.17) is 4.74 Å². The molecule has 23 heavy (non-hydrogen) atoms. The van der Waals surface area contributed by atoms with Gasteiger partial charge in [-0.05, 0) is 38.2 Å². The Morgan fingerprint density at radius 2 is 2.17 bits per heavy atom. The van der Waals surface area contributed by atoms with Gasteiger partial charge < -0.3 is 14.7 Å². The van der Waals surface area contributed by atoms with Gasteiger partial charge in [0.25, 0.3) is 0 Å². The zero-order valence-electron chi connectivity index (χ0n) is 13.7. The molecular formula is C19H24N2O2. The summed E-state index contributed by atoms with van der Waals surface area (Å²) in [6.07, 6.45) is 5.47. The Kier molecular flexibility index (Phi) is 2.16. The first-order chi connectivity index (χ1) is 11.1. The summed E-state index contributed by atoms with van der Waals surface area (Å²) in [6.45, 7) is 4.22. The van der Waals surface area contributed by atoms with E-state index in [9.17, 15) is 5.11 Å². The number of rotatable bonds is 1. The number of fused-ring (bicyclic) bond motifs is 3. The second-order valence-corrected chi connectivity index (χ2v) is 8.28. The first-order valence-corrected chi connectivity index (χ1v) is 9.18. The van der Waals surface area contributed by atoms with Gasteiger partial charge in [0, 0.05) is 30.3 Å². The third-order valence-electron chi connectivity index (χ3n) is 7.59. The minimum atomic E-state index is -0.739. The Labute approximate surface area is 137 Å². The molecule has 0 radical (unpaired) electrons. The molecule has 0 saturated carbocycles. The quantitative estimate of drug-likeness (QED) is 0.864. The van der Waals surface area contributed by atoms with E-state index < -0.39 is 5.60 Å². The number of nitrogens with zero attached hydrogens (tertiary/aromatic N) is 2. The molecule has 0 aliphatic carbocycles. The lowest BCUT2D eigenvalue weighted by Crippen LogP contribution is -2.69. The highest BCUT2D eigenvalue weighted by Gasteiger charge is 2.74. The van der Waals surface area contributed by atoms with Crippen molar-refractivity contribution in [1.82, 2.24) is 4.90 Å². The second-order valence-electron chi connectivity index (χ2n) is 8.28. The minimum absolute atomic E-state index is 0.00666. The fraction of sp³-hybridized carbons (Fsp3) is 0.684. The molecule has 4 heteroatoms. The SMILES string of the molecule is CC[C@@]12CC3CC[C@@]45N(CC[C@]4(O)c4ccccc4N5[C@@H]3O1)C2. The highest BCUT2D eigenvalue weighted by molar-refractivity contribution is 5.68. The summed E-state index contributed by atoms with van der Waals surface area (Å²) >= 11 is 0. The van der Waals surface area contributed by atoms with Gasteiger partial charge in [0.05, 0.1) is 5.60 Å². The van der Waals surface area contributed by atoms with E-state index in [-0.39, 0.29) is 17.5 Å². The predicted molar refractivity (Wildman–Crippen MR) is 87.0 cm³/mol. The van der Waals surface area contributed by atoms with Crippen molar-refractivity contribution in [2.75, 3.05) is 18.0 Å². The van der Waals surface area contributed by atoms with Crippen LogP contribution < -0.4 is 4.90 Å². The summed E-state index contributed by atoms with van der Waals surface area (Å²) in [5, 5.41) is 11.8. The van der Waals surface area contributed by atoms with E-state index in [1.54, 1.807) is 0 Å². The second kappa shape index (κ2) is 3.76. The van der Waals surface area contributed by atoms with Crippen LogP contribution in [-0.2, 0) is 10.3 Å². The van der Waals surface area contributed by atoms with E-state index in [0.717, 1.165) is 37.9 Å². The van der Waals surface area contributed by atoms with Crippen LogP contribution in [-0.4, -0.2) is 40.6 Å². The van der Waals surface area contributed by atoms with Crippen LogP contribution in [0, 0.1) is 5.92 Å². The number of hydrogen-bond donors (Lipinski definition) is 1. The Bertz CT molecular complexity index is 708. The number of hydrogen-bond acceptors (Lipinski definition) is 4. The molecule has 0 amide bonds. The summed E-state index contributed by atoms with van der Waals surface area (Å²) in [7, 11) is 0. The van der Waals surface area contributed by atoms with Crippen molar-refractivity contribution in [3.05, 3.63) is 29.8 Å². The Hall–Kier alpha value is -1.10. The lowest BCUT2D eigenvalue weighted by atomic mass is 9.74. The van der Waals surface area contributed by atoms with Crippen LogP contribution in [0.4, 0.5) is 5.69 Å². The maximum atomic E-state index is 11.8. The minimum Gasteiger partial charge on any atom is -0.381 e. The molecule has 0 aromatic heterocycles. The van der Waals surface area contributed by atoms with Crippen LogP contribution in [0.2, 0.25) is 0 Å². The van der Waals surface area contributed by atoms with Gasteiger partial charge in [-0.15, -0.1) is 0 Å². The van der Waals surface area contributed by atoms with Crippen molar-refractivity contribution in [1.29, 1.82) is 0 Å². The third-order valence-corrected chi connectivity index (χ3v) is 7.59. The Morgan fingerprint density at radius 1 is 1.30 bits per heavy atom. The van der Waals surface area contributed by atoms with Crippen LogP contribution >= 0.6 is 0 Å². The van der Waals surface area contributed by atoms with Gasteiger partial charge in [-0.1, -0.05) is 25.1 Å². The fourth-order valence-electron chi connectivity index (χ4n) is 6.58. The average Bonchev–Trinajstić information content (AvgIpc) is 3.09. The summed E-state index contributed by atoms with van der Waals surface area (Å²) in [4.78, 5) is 5.07. The maximum Gasteiger partial charge on any atom is 0.135 e. The predicted octanol–water partition coefficient (Wildman–Crippen LogP) is 2.42. The van der Waals surface area contributed by atoms with Crippen LogP contribution in [0.3, 0.4) is 0 Å². The summed E-state index contributed by atoms with van der Waals surface area (Å²) in [5.74, 6) is 0.610. The van der Waals surface area contributed by atoms with E-state index in [0.29, 0.717) is 5.92 Å². The van der Waals surface area contributed by atoms with Gasteiger partial charge in [-0.25, -0.2) is 0 Å². The number of para-hydroxylation sites is 1. The number of piperidine rings is 1. The van der Waals surface area contributed by atoms with Crippen molar-refractivity contribution in [2.24, 2.45) is 5.92 Å². The molecule has 5 heterocycles. The first kappa shape index (κ1) is 13.2. The topological polar surface area (TPSA) is 35.9 Å². The fourth-order valence-corrected chi connectivity index (χ4v) is 6.58. The summed E-state index contributed by atoms with van der Waals surface area (Å²) in [5.41, 5.74) is 1.32. The van der Waals surface area contributed by atoms with Gasteiger partial charge in [0.1, 0.15) is 17.5 Å². The Balaban J connectivity index is 1.65. The lowest BCUT2D eigenvalue weighted by Gasteiger charge is -2.54. The summed E-state index contributed by atoms with van der Waals surface area (Å²) in [6, 6.07) is 8.50. The zero-order chi connectivity index (χ0) is 15.4. The molecule has 1 aromatic carbocycles. The number of ether oxygens (including phenoxy) is 1. The van der Waals surface area contributed by atoms with Crippen molar-refractivity contribution >= 4 is 5.69 Å². The molecule has 1 unspecified atom stereocenters. The van der Waals surface area contributed by atoms with Crippen LogP contribution in [0.5, 0.6) is 0 Å². The number of aliphatic hydroxyl groups is 1. The molecule has 5 aliphatic rings. The highest BCUT2D eigenvalue weighted by Crippen LogP contribution is 2.66. The van der Waals surface area contributed by atoms with Crippen molar-refractivity contribution in [3.8, 4) is 0 Å². The van der Waals surface area contributed by atoms with Gasteiger partial charge in [-0.2, -0.15) is 0 Å². The number of benzene rings is 1. The average molecular weight is 312 g/mol. The zero-order valence-corrected chi connectivity index (χ0v) is 13.7. The molecule has 1 spiro atoms. The van der Waals surface area contributed by atoms with Crippen molar-refractivity contribution in [2.45, 2.75) is 62.1 Å². The standard InChI is InChI=1S/C19H24N2O2/c1-2-17-11-13-7-8-19-18(22,9-10-20(19)12-17)14-5-3-4-6-15(14)21(19)16(13)23-17/h3-6,13,16,22H,2,7-12H2,1H3/t13?,16-,17+,18+,19+/m1/s1. The molecule has 4 saturated heterocycles. The molecule has 1 N–H and O–H groups in total. The molecule has 4 fully saturated rings. The Morgan fingerprint density at radius 3 is 3.04 bits per heavy atom. The molecule has 5 atom stereocenters. The smallest absolute Gasteiger partial charge is 0.135 e. The largest absolute Gasteiger partial charge is 0.381 e. The van der Waals surface area contributed by atoms with Gasteiger partial charge in [-0.3, -0.25) is 4.90 Å². The molecule has 1 aromatic rings. The van der Waals surface area contributed by atoms with Gasteiger partial charge in [0.15, 0.2) is 0 Å². The molecular weight excluding hydrogens is 288 g/mol. The molecule has 5 aliphatic heterocycles. The molecule has 122 valence electrons. The third kappa shape index (κ3) is 1.20. The lowest BCUT2D eigenvalue weighted by molar-refractivity contribution is -0.0861. The highest BCUT2D eigenvalue weighted by atomic mass is 16.5. The van der Waals surface area contributed by atoms with Gasteiger partial charge in [0.2, 0.25) is 0 Å². The van der Waals surface area contributed by atoms with Crippen molar-refractivity contribution < 1.29 is 9.84 Å². The van der Waals surface area contributed by atoms with E-state index in [1.165, 1.54) is 18.5 Å². The van der Waals surface area contributed by atoms with Crippen molar-refractivity contribution in [3.63, 3.8) is 0 Å². The molecule has 6 rings (SSSR count).